The van der Waals surface area contributed by atoms with Gasteiger partial charge >= 0.3 is 0 Å². The number of nitrogen functional groups attached to an aromatic ring is 1. The molecular formula is C15H24N4O2. The number of rotatable bonds is 7. The van der Waals surface area contributed by atoms with Crippen LogP contribution in [0.4, 0.5) is 17.1 Å². The molecule has 2 rings (SSSR count). The summed E-state index contributed by atoms with van der Waals surface area (Å²) >= 11 is 0. The van der Waals surface area contributed by atoms with Crippen LogP contribution >= 0.6 is 0 Å². The van der Waals surface area contributed by atoms with Gasteiger partial charge < -0.3 is 26.0 Å². The Morgan fingerprint density at radius 2 is 2.19 bits per heavy atom. The van der Waals surface area contributed by atoms with Crippen LogP contribution in [0.5, 0.6) is 0 Å². The molecule has 0 atom stereocenters. The number of hydrogen-bond donors (Lipinski definition) is 3. The van der Waals surface area contributed by atoms with Crippen LogP contribution in [0.3, 0.4) is 0 Å². The third-order valence-corrected chi connectivity index (χ3v) is 3.66. The van der Waals surface area contributed by atoms with E-state index in [1.807, 2.05) is 12.1 Å². The van der Waals surface area contributed by atoms with Gasteiger partial charge in [-0.15, -0.1) is 0 Å². The number of amides is 1. The molecule has 0 unspecified atom stereocenters. The lowest BCUT2D eigenvalue weighted by Crippen LogP contribution is -2.28. The maximum Gasteiger partial charge on any atom is 0.224 e. The summed E-state index contributed by atoms with van der Waals surface area (Å²) in [5.74, 6) is 0.0671. The molecule has 0 fully saturated rings. The van der Waals surface area contributed by atoms with Crippen molar-refractivity contribution in [2.24, 2.45) is 0 Å². The summed E-state index contributed by atoms with van der Waals surface area (Å²) in [4.78, 5) is 13.6. The van der Waals surface area contributed by atoms with Gasteiger partial charge in [0.05, 0.1) is 18.0 Å². The van der Waals surface area contributed by atoms with Crippen LogP contribution in [0.2, 0.25) is 0 Å². The molecule has 1 aromatic carbocycles. The highest BCUT2D eigenvalue weighted by Gasteiger charge is 2.16. The van der Waals surface area contributed by atoms with Gasteiger partial charge in [-0.25, -0.2) is 0 Å². The first-order chi connectivity index (χ1) is 10.1. The summed E-state index contributed by atoms with van der Waals surface area (Å²) < 4.78 is 5.05. The molecule has 0 saturated carbocycles. The molecule has 1 aliphatic rings. The van der Waals surface area contributed by atoms with E-state index in [9.17, 15) is 4.79 Å². The number of aryl methyl sites for hydroxylation is 1. The molecule has 1 aliphatic heterocycles. The summed E-state index contributed by atoms with van der Waals surface area (Å²) in [5.41, 5.74) is 9.64. The first-order valence-electron chi connectivity index (χ1n) is 7.23. The van der Waals surface area contributed by atoms with Crippen LogP contribution in [0.15, 0.2) is 12.1 Å². The lowest BCUT2D eigenvalue weighted by molar-refractivity contribution is -0.116. The molecule has 6 heteroatoms. The van der Waals surface area contributed by atoms with E-state index in [0.717, 1.165) is 55.3 Å². The zero-order chi connectivity index (χ0) is 15.2. The number of fused-ring (bicyclic) bond motifs is 1. The van der Waals surface area contributed by atoms with E-state index < -0.39 is 0 Å². The second kappa shape index (κ2) is 7.28. The minimum Gasteiger partial charge on any atom is -0.397 e. The van der Waals surface area contributed by atoms with E-state index >= 15 is 0 Å². The van der Waals surface area contributed by atoms with Gasteiger partial charge in [-0.05, 0) is 31.2 Å². The Kier molecular flexibility index (Phi) is 5.41. The molecule has 0 saturated heterocycles. The van der Waals surface area contributed by atoms with Gasteiger partial charge in [0.1, 0.15) is 0 Å². The maximum absolute atomic E-state index is 11.4. The fourth-order valence-corrected chi connectivity index (χ4v) is 2.34. The number of carbonyl (C=O) groups is 1. The summed E-state index contributed by atoms with van der Waals surface area (Å²) in [6, 6.07) is 3.88. The van der Waals surface area contributed by atoms with E-state index in [1.54, 1.807) is 7.11 Å². The number of methoxy groups -OCH3 is 1. The monoisotopic (exact) mass is 292 g/mol. The lowest BCUT2D eigenvalue weighted by atomic mass is 10.0. The fourth-order valence-electron chi connectivity index (χ4n) is 2.34. The van der Waals surface area contributed by atoms with Gasteiger partial charge in [0, 0.05) is 38.9 Å². The molecule has 0 aliphatic carbocycles. The highest BCUT2D eigenvalue weighted by molar-refractivity contribution is 5.95. The zero-order valence-corrected chi connectivity index (χ0v) is 12.7. The van der Waals surface area contributed by atoms with E-state index in [4.69, 9.17) is 10.5 Å². The molecule has 0 bridgehead atoms. The standard InChI is InChI=1S/C15H24N4O2/c1-19(7-8-21-2)6-5-17-14-10-13-11(9-12(14)16)3-4-15(20)18-13/h9-10,17H,3-8,16H2,1-2H3,(H,18,20). The topological polar surface area (TPSA) is 79.6 Å². The number of anilines is 3. The van der Waals surface area contributed by atoms with Crippen molar-refractivity contribution in [1.82, 2.24) is 4.90 Å². The first-order valence-corrected chi connectivity index (χ1v) is 7.23. The number of hydrogen-bond acceptors (Lipinski definition) is 5. The highest BCUT2D eigenvalue weighted by Crippen LogP contribution is 2.30. The summed E-state index contributed by atoms with van der Waals surface area (Å²) in [7, 11) is 3.76. The summed E-state index contributed by atoms with van der Waals surface area (Å²) in [5, 5.41) is 6.22. The van der Waals surface area contributed by atoms with Crippen LogP contribution < -0.4 is 16.4 Å². The number of ether oxygens (including phenoxy) is 1. The smallest absolute Gasteiger partial charge is 0.224 e. The molecule has 1 aromatic rings. The number of nitrogens with two attached hydrogens (primary N) is 1. The maximum atomic E-state index is 11.4. The predicted molar refractivity (Wildman–Crippen MR) is 85.7 cm³/mol. The number of likely N-dealkylation sites (N-methyl/N-ethyl adjacent to an activating group) is 1. The average molecular weight is 292 g/mol. The second-order valence-electron chi connectivity index (χ2n) is 5.37. The van der Waals surface area contributed by atoms with Crippen molar-refractivity contribution in [2.45, 2.75) is 12.8 Å². The Morgan fingerprint density at radius 3 is 2.95 bits per heavy atom. The SMILES string of the molecule is COCCN(C)CCNc1cc2c(cc1N)CCC(=O)N2. The average Bonchev–Trinajstić information content (AvgIpc) is 2.46. The van der Waals surface area contributed by atoms with Crippen LogP contribution in [0.1, 0.15) is 12.0 Å². The lowest BCUT2D eigenvalue weighted by Gasteiger charge is -2.21. The Morgan fingerprint density at radius 1 is 1.38 bits per heavy atom. The third kappa shape index (κ3) is 4.34. The highest BCUT2D eigenvalue weighted by atomic mass is 16.5. The number of carbonyl (C=O) groups excluding carboxylic acids is 1. The summed E-state index contributed by atoms with van der Waals surface area (Å²) in [6.07, 6.45) is 1.29. The molecule has 21 heavy (non-hydrogen) atoms. The van der Waals surface area contributed by atoms with Crippen molar-refractivity contribution in [3.8, 4) is 0 Å². The molecule has 0 spiro atoms. The summed E-state index contributed by atoms with van der Waals surface area (Å²) in [6.45, 7) is 3.31. The number of nitrogens with zero attached hydrogens (tertiary/aromatic N) is 1. The Bertz CT molecular complexity index is 505. The third-order valence-electron chi connectivity index (χ3n) is 3.66. The second-order valence-corrected chi connectivity index (χ2v) is 5.37. The van der Waals surface area contributed by atoms with Gasteiger partial charge in [-0.2, -0.15) is 0 Å². The number of benzene rings is 1. The molecule has 1 heterocycles. The normalized spacial score (nSPS) is 14.0. The molecule has 1 amide bonds. The largest absolute Gasteiger partial charge is 0.397 e. The van der Waals surface area contributed by atoms with Crippen molar-refractivity contribution >= 4 is 23.0 Å². The van der Waals surface area contributed by atoms with Gasteiger partial charge in [0.15, 0.2) is 0 Å². The molecular weight excluding hydrogens is 268 g/mol. The zero-order valence-electron chi connectivity index (χ0n) is 12.7. The van der Waals surface area contributed by atoms with Crippen molar-refractivity contribution in [3.63, 3.8) is 0 Å². The van der Waals surface area contributed by atoms with Crippen molar-refractivity contribution in [2.75, 3.05) is 56.8 Å². The van der Waals surface area contributed by atoms with Crippen LogP contribution in [0, 0.1) is 0 Å². The van der Waals surface area contributed by atoms with Gasteiger partial charge in [0.25, 0.3) is 0 Å². The molecule has 0 aromatic heterocycles. The van der Waals surface area contributed by atoms with Crippen LogP contribution in [-0.4, -0.2) is 51.2 Å². The fraction of sp³-hybridized carbons (Fsp3) is 0.533. The van der Waals surface area contributed by atoms with Crippen LogP contribution in [0.25, 0.3) is 0 Å². The van der Waals surface area contributed by atoms with Gasteiger partial charge in [0.2, 0.25) is 5.91 Å². The molecule has 6 nitrogen and oxygen atoms in total. The van der Waals surface area contributed by atoms with Crippen LogP contribution in [-0.2, 0) is 16.0 Å². The molecule has 116 valence electrons. The molecule has 0 radical (unpaired) electrons. The van der Waals surface area contributed by atoms with Crippen molar-refractivity contribution in [3.05, 3.63) is 17.7 Å². The Hall–Kier alpha value is -1.79. The van der Waals surface area contributed by atoms with Crippen molar-refractivity contribution in [1.29, 1.82) is 0 Å². The number of nitrogens with one attached hydrogen (secondary N) is 2. The first kappa shape index (κ1) is 15.6. The van der Waals surface area contributed by atoms with E-state index in [-0.39, 0.29) is 5.91 Å². The Labute approximate surface area is 125 Å². The molecule has 4 N–H and O–H groups in total. The predicted octanol–water partition coefficient (Wildman–Crippen LogP) is 1.14. The quantitative estimate of drug-likeness (QED) is 0.657. The van der Waals surface area contributed by atoms with Crippen molar-refractivity contribution < 1.29 is 9.53 Å². The minimum absolute atomic E-state index is 0.0671. The van der Waals surface area contributed by atoms with Gasteiger partial charge in [-0.3, -0.25) is 4.79 Å². The van der Waals surface area contributed by atoms with Gasteiger partial charge in [-0.1, -0.05) is 0 Å². The minimum atomic E-state index is 0.0671. The van der Waals surface area contributed by atoms with E-state index in [0.29, 0.717) is 6.42 Å². The van der Waals surface area contributed by atoms with E-state index in [2.05, 4.69) is 22.6 Å². The van der Waals surface area contributed by atoms with E-state index in [1.165, 1.54) is 0 Å². The Balaban J connectivity index is 1.91.